The van der Waals surface area contributed by atoms with Gasteiger partial charge in [0.25, 0.3) is 0 Å². The maximum absolute atomic E-state index is 4.88. The zero-order valence-corrected chi connectivity index (χ0v) is 17.8. The molecule has 0 unspecified atom stereocenters. The van der Waals surface area contributed by atoms with Gasteiger partial charge in [0.1, 0.15) is 12.4 Å². The Morgan fingerprint density at radius 1 is 1.21 bits per heavy atom. The molecule has 2 aromatic rings. The van der Waals surface area contributed by atoms with Crippen molar-refractivity contribution in [2.75, 3.05) is 26.0 Å². The number of guanidine groups is 1. The van der Waals surface area contributed by atoms with Gasteiger partial charge in [-0.3, -0.25) is 0 Å². The Morgan fingerprint density at radius 2 is 1.96 bits per heavy atom. The van der Waals surface area contributed by atoms with Gasteiger partial charge in [0.2, 0.25) is 0 Å². The molecule has 0 saturated heterocycles. The first-order valence-corrected chi connectivity index (χ1v) is 10.1. The molecule has 1 fully saturated rings. The Morgan fingerprint density at radius 3 is 2.61 bits per heavy atom. The van der Waals surface area contributed by atoms with E-state index in [1.54, 1.807) is 0 Å². The van der Waals surface area contributed by atoms with Gasteiger partial charge < -0.3 is 19.7 Å². The number of aliphatic imine (C=N–C) groups is 1. The lowest BCUT2D eigenvalue weighted by Gasteiger charge is -2.26. The van der Waals surface area contributed by atoms with Gasteiger partial charge in [0.15, 0.2) is 11.8 Å². The largest absolute Gasteiger partial charge is 0.378 e. The third-order valence-electron chi connectivity index (χ3n) is 5.45. The SMILES string of the molecule is Cc1nnc(CN=C(NC2CCCC2)N(C)Cc2cccc(N(C)C)c2)n1C. The van der Waals surface area contributed by atoms with Gasteiger partial charge >= 0.3 is 0 Å². The maximum atomic E-state index is 4.88. The van der Waals surface area contributed by atoms with E-state index in [2.05, 4.69) is 70.7 Å². The summed E-state index contributed by atoms with van der Waals surface area (Å²) in [5.41, 5.74) is 2.48. The highest BCUT2D eigenvalue weighted by Crippen LogP contribution is 2.19. The van der Waals surface area contributed by atoms with Crippen molar-refractivity contribution in [1.82, 2.24) is 25.0 Å². The molecular weight excluding hydrogens is 350 g/mol. The summed E-state index contributed by atoms with van der Waals surface area (Å²) in [7, 11) is 8.23. The summed E-state index contributed by atoms with van der Waals surface area (Å²) in [5.74, 6) is 2.72. The Kier molecular flexibility index (Phi) is 6.54. The van der Waals surface area contributed by atoms with Crippen molar-refractivity contribution in [3.63, 3.8) is 0 Å². The third-order valence-corrected chi connectivity index (χ3v) is 5.45. The molecule has 7 heteroatoms. The zero-order valence-electron chi connectivity index (χ0n) is 17.8. The summed E-state index contributed by atoms with van der Waals surface area (Å²) in [6.45, 7) is 3.29. The van der Waals surface area contributed by atoms with Crippen molar-refractivity contribution >= 4 is 11.6 Å². The van der Waals surface area contributed by atoms with Crippen LogP contribution in [-0.2, 0) is 20.1 Å². The van der Waals surface area contributed by atoms with E-state index in [1.807, 2.05) is 18.5 Å². The van der Waals surface area contributed by atoms with E-state index >= 15 is 0 Å². The molecule has 1 aromatic heterocycles. The molecule has 1 aliphatic carbocycles. The van der Waals surface area contributed by atoms with Gasteiger partial charge in [-0.1, -0.05) is 25.0 Å². The van der Waals surface area contributed by atoms with E-state index < -0.39 is 0 Å². The molecule has 0 aliphatic heterocycles. The van der Waals surface area contributed by atoms with Crippen LogP contribution >= 0.6 is 0 Å². The summed E-state index contributed by atoms with van der Waals surface area (Å²) in [6, 6.07) is 9.15. The summed E-state index contributed by atoms with van der Waals surface area (Å²) in [5, 5.41) is 12.1. The van der Waals surface area contributed by atoms with Crippen LogP contribution in [0.15, 0.2) is 29.3 Å². The van der Waals surface area contributed by atoms with Gasteiger partial charge in [-0.15, -0.1) is 10.2 Å². The van der Waals surface area contributed by atoms with Crippen molar-refractivity contribution in [3.05, 3.63) is 41.5 Å². The maximum Gasteiger partial charge on any atom is 0.194 e. The zero-order chi connectivity index (χ0) is 20.1. The van der Waals surface area contributed by atoms with Crippen LogP contribution in [0, 0.1) is 6.92 Å². The summed E-state index contributed by atoms with van der Waals surface area (Å²) >= 11 is 0. The second-order valence-electron chi connectivity index (χ2n) is 7.91. The van der Waals surface area contributed by atoms with Gasteiger partial charge in [0, 0.05) is 46.5 Å². The monoisotopic (exact) mass is 383 g/mol. The molecule has 152 valence electrons. The van der Waals surface area contributed by atoms with Gasteiger partial charge in [-0.2, -0.15) is 0 Å². The minimum atomic E-state index is 0.510. The van der Waals surface area contributed by atoms with Crippen LogP contribution in [0.3, 0.4) is 0 Å². The Balaban J connectivity index is 1.75. The molecule has 0 radical (unpaired) electrons. The average molecular weight is 384 g/mol. The molecule has 1 saturated carbocycles. The van der Waals surface area contributed by atoms with Crippen LogP contribution in [0.25, 0.3) is 0 Å². The Bertz CT molecular complexity index is 803. The number of aryl methyl sites for hydroxylation is 1. The van der Waals surface area contributed by atoms with Crippen LogP contribution in [0.4, 0.5) is 5.69 Å². The highest BCUT2D eigenvalue weighted by atomic mass is 15.3. The summed E-state index contributed by atoms with van der Waals surface area (Å²) in [4.78, 5) is 9.22. The molecule has 3 rings (SSSR count). The van der Waals surface area contributed by atoms with Crippen LogP contribution in [0.2, 0.25) is 0 Å². The minimum absolute atomic E-state index is 0.510. The predicted octanol–water partition coefficient (Wildman–Crippen LogP) is 2.71. The Hall–Kier alpha value is -2.57. The lowest BCUT2D eigenvalue weighted by atomic mass is 10.2. The van der Waals surface area contributed by atoms with Crippen molar-refractivity contribution in [2.45, 2.75) is 51.7 Å². The molecule has 28 heavy (non-hydrogen) atoms. The molecule has 7 nitrogen and oxygen atoms in total. The topological polar surface area (TPSA) is 61.6 Å². The van der Waals surface area contributed by atoms with Crippen LogP contribution < -0.4 is 10.2 Å². The molecular formula is C21H33N7. The fourth-order valence-corrected chi connectivity index (χ4v) is 3.55. The smallest absolute Gasteiger partial charge is 0.194 e. The van der Waals surface area contributed by atoms with Crippen molar-refractivity contribution in [2.24, 2.45) is 12.0 Å². The quantitative estimate of drug-likeness (QED) is 0.614. The van der Waals surface area contributed by atoms with Crippen molar-refractivity contribution in [3.8, 4) is 0 Å². The van der Waals surface area contributed by atoms with E-state index in [0.717, 1.165) is 24.2 Å². The second-order valence-corrected chi connectivity index (χ2v) is 7.91. The van der Waals surface area contributed by atoms with Gasteiger partial charge in [-0.05, 0) is 37.5 Å². The van der Waals surface area contributed by atoms with E-state index in [4.69, 9.17) is 4.99 Å². The fourth-order valence-electron chi connectivity index (χ4n) is 3.55. The molecule has 0 atom stereocenters. The molecule has 1 heterocycles. The normalized spacial score (nSPS) is 15.1. The number of hydrogen-bond acceptors (Lipinski definition) is 4. The summed E-state index contributed by atoms with van der Waals surface area (Å²) < 4.78 is 2.00. The number of nitrogens with one attached hydrogen (secondary N) is 1. The molecule has 1 aliphatic rings. The first-order valence-electron chi connectivity index (χ1n) is 10.1. The molecule has 0 bridgehead atoms. The third kappa shape index (κ3) is 5.03. The second kappa shape index (κ2) is 9.08. The molecule has 0 amide bonds. The average Bonchev–Trinajstić information content (AvgIpc) is 3.30. The van der Waals surface area contributed by atoms with Crippen LogP contribution in [-0.4, -0.2) is 52.8 Å². The summed E-state index contributed by atoms with van der Waals surface area (Å²) in [6.07, 6.45) is 5.02. The number of benzene rings is 1. The number of aromatic nitrogens is 3. The molecule has 1 N–H and O–H groups in total. The number of nitrogens with zero attached hydrogens (tertiary/aromatic N) is 6. The van der Waals surface area contributed by atoms with Crippen LogP contribution in [0.5, 0.6) is 0 Å². The van der Waals surface area contributed by atoms with Crippen molar-refractivity contribution < 1.29 is 0 Å². The van der Waals surface area contributed by atoms with E-state index in [0.29, 0.717) is 12.6 Å². The fraction of sp³-hybridized carbons (Fsp3) is 0.571. The van der Waals surface area contributed by atoms with E-state index in [1.165, 1.54) is 36.9 Å². The number of hydrogen-bond donors (Lipinski definition) is 1. The predicted molar refractivity (Wildman–Crippen MR) is 115 cm³/mol. The molecule has 0 spiro atoms. The number of rotatable bonds is 6. The Labute approximate surface area is 168 Å². The highest BCUT2D eigenvalue weighted by Gasteiger charge is 2.18. The van der Waals surface area contributed by atoms with E-state index in [9.17, 15) is 0 Å². The molecule has 1 aromatic carbocycles. The van der Waals surface area contributed by atoms with E-state index in [-0.39, 0.29) is 0 Å². The first kappa shape index (κ1) is 20.2. The van der Waals surface area contributed by atoms with Gasteiger partial charge in [0.05, 0.1) is 0 Å². The first-order chi connectivity index (χ1) is 13.4. The minimum Gasteiger partial charge on any atom is -0.378 e. The van der Waals surface area contributed by atoms with Crippen LogP contribution in [0.1, 0.15) is 42.9 Å². The standard InChI is InChI=1S/C21H33N7/c1-16-24-25-20(28(16)5)14-22-21(23-18-10-6-7-11-18)27(4)15-17-9-8-12-19(13-17)26(2)3/h8-9,12-13,18H,6-7,10-11,14-15H2,1-5H3,(H,22,23). The van der Waals surface area contributed by atoms with Crippen molar-refractivity contribution in [1.29, 1.82) is 0 Å². The van der Waals surface area contributed by atoms with Gasteiger partial charge in [-0.25, -0.2) is 4.99 Å². The lowest BCUT2D eigenvalue weighted by Crippen LogP contribution is -2.43. The lowest BCUT2D eigenvalue weighted by molar-refractivity contribution is 0.456. The number of anilines is 1. The highest BCUT2D eigenvalue weighted by molar-refractivity contribution is 5.80.